The maximum atomic E-state index is 13.2. The van der Waals surface area contributed by atoms with Gasteiger partial charge in [-0.15, -0.1) is 0 Å². The van der Waals surface area contributed by atoms with E-state index in [4.69, 9.17) is 0 Å². The average Bonchev–Trinajstić information content (AvgIpc) is 2.61. The fourth-order valence-corrected chi connectivity index (χ4v) is 2.11. The van der Waals surface area contributed by atoms with E-state index in [9.17, 15) is 17.6 Å². The molecule has 0 saturated heterocycles. The number of alkyl halides is 2. The van der Waals surface area contributed by atoms with Crippen LogP contribution in [0.2, 0.25) is 0 Å². The van der Waals surface area contributed by atoms with Crippen molar-refractivity contribution in [1.82, 2.24) is 0 Å². The van der Waals surface area contributed by atoms with Gasteiger partial charge >= 0.3 is 0 Å². The molecule has 0 amide bonds. The molecule has 1 nitrogen and oxygen atoms in total. The first-order chi connectivity index (χ1) is 7.98. The second-order valence-corrected chi connectivity index (χ2v) is 4.45. The van der Waals surface area contributed by atoms with Crippen LogP contribution in [-0.4, -0.2) is 12.5 Å². The van der Waals surface area contributed by atoms with E-state index in [1.165, 1.54) is 12.1 Å². The van der Waals surface area contributed by atoms with Gasteiger partial charge in [0, 0.05) is 19.4 Å². The Morgan fingerprint density at radius 3 is 2.71 bits per heavy atom. The van der Waals surface area contributed by atoms with Gasteiger partial charge in [0.2, 0.25) is 5.92 Å². The van der Waals surface area contributed by atoms with Crippen LogP contribution in [0.15, 0.2) is 18.2 Å². The van der Waals surface area contributed by atoms with E-state index in [2.05, 4.69) is 5.32 Å². The highest BCUT2D eigenvalue weighted by Crippen LogP contribution is 2.38. The molecule has 0 radical (unpaired) electrons. The van der Waals surface area contributed by atoms with E-state index in [-0.39, 0.29) is 31.0 Å². The van der Waals surface area contributed by atoms with E-state index in [0.717, 1.165) is 6.07 Å². The topological polar surface area (TPSA) is 12.0 Å². The number of anilines is 1. The Morgan fingerprint density at radius 1 is 1.29 bits per heavy atom. The Balaban J connectivity index is 1.93. The van der Waals surface area contributed by atoms with Gasteiger partial charge in [-0.25, -0.2) is 17.6 Å². The summed E-state index contributed by atoms with van der Waals surface area (Å²) < 4.78 is 51.9. The van der Waals surface area contributed by atoms with Crippen molar-refractivity contribution in [2.45, 2.75) is 25.2 Å². The second-order valence-electron chi connectivity index (χ2n) is 4.45. The summed E-state index contributed by atoms with van der Waals surface area (Å²) in [4.78, 5) is 0. The van der Waals surface area contributed by atoms with Crippen molar-refractivity contribution in [1.29, 1.82) is 0 Å². The highest BCUT2D eigenvalue weighted by atomic mass is 19.3. The molecule has 1 fully saturated rings. The molecule has 0 aromatic heterocycles. The number of benzene rings is 1. The van der Waals surface area contributed by atoms with Crippen LogP contribution in [0.3, 0.4) is 0 Å². The van der Waals surface area contributed by atoms with Gasteiger partial charge in [0.05, 0.1) is 5.69 Å². The molecule has 0 heterocycles. The van der Waals surface area contributed by atoms with E-state index < -0.39 is 17.6 Å². The summed E-state index contributed by atoms with van der Waals surface area (Å²) in [6, 6.07) is 3.79. The maximum absolute atomic E-state index is 13.2. The molecule has 1 unspecified atom stereocenters. The quantitative estimate of drug-likeness (QED) is 0.801. The molecule has 1 aromatic rings. The average molecular weight is 247 g/mol. The van der Waals surface area contributed by atoms with E-state index >= 15 is 0 Å². The number of hydrogen-bond acceptors (Lipinski definition) is 1. The number of hydrogen-bond donors (Lipinski definition) is 1. The standard InChI is InChI=1S/C12H13F4N/c13-9-2-1-3-10(11(9)14)17-7-8-4-5-12(15,16)6-8/h1-3,8,17H,4-7H2. The zero-order valence-electron chi connectivity index (χ0n) is 9.15. The molecule has 0 bridgehead atoms. The van der Waals surface area contributed by atoms with Gasteiger partial charge in [0.25, 0.3) is 0 Å². The Hall–Kier alpha value is -1.26. The van der Waals surface area contributed by atoms with Crippen LogP contribution in [0.1, 0.15) is 19.3 Å². The Labute approximate surface area is 96.8 Å². The summed E-state index contributed by atoms with van der Waals surface area (Å²) in [5.74, 6) is -4.69. The zero-order chi connectivity index (χ0) is 12.5. The summed E-state index contributed by atoms with van der Waals surface area (Å²) in [7, 11) is 0. The van der Waals surface area contributed by atoms with Crippen molar-refractivity contribution < 1.29 is 17.6 Å². The summed E-state index contributed by atoms with van der Waals surface area (Å²) in [5.41, 5.74) is 0.0280. The fraction of sp³-hybridized carbons (Fsp3) is 0.500. The maximum Gasteiger partial charge on any atom is 0.248 e. The lowest BCUT2D eigenvalue weighted by Crippen LogP contribution is -2.16. The minimum absolute atomic E-state index is 0.0280. The predicted molar refractivity (Wildman–Crippen MR) is 57.1 cm³/mol. The first-order valence-electron chi connectivity index (χ1n) is 5.54. The minimum atomic E-state index is -2.60. The molecule has 17 heavy (non-hydrogen) atoms. The highest BCUT2D eigenvalue weighted by Gasteiger charge is 2.39. The second kappa shape index (κ2) is 4.55. The number of rotatable bonds is 3. The van der Waals surface area contributed by atoms with Gasteiger partial charge in [-0.1, -0.05) is 6.07 Å². The summed E-state index contributed by atoms with van der Waals surface area (Å²) in [5, 5.41) is 2.69. The van der Waals surface area contributed by atoms with E-state index in [0.29, 0.717) is 6.42 Å². The molecule has 1 aliphatic carbocycles. The lowest BCUT2D eigenvalue weighted by molar-refractivity contribution is 0.00556. The Bertz CT molecular complexity index is 405. The first kappa shape index (κ1) is 12.2. The summed E-state index contributed by atoms with van der Waals surface area (Å²) in [6.45, 7) is 0.246. The molecule has 5 heteroatoms. The normalized spacial score (nSPS) is 22.7. The fourth-order valence-electron chi connectivity index (χ4n) is 2.11. The van der Waals surface area contributed by atoms with E-state index in [1.807, 2.05) is 0 Å². The smallest absolute Gasteiger partial charge is 0.248 e. The van der Waals surface area contributed by atoms with Crippen LogP contribution in [0.4, 0.5) is 23.2 Å². The first-order valence-corrected chi connectivity index (χ1v) is 5.54. The van der Waals surface area contributed by atoms with Gasteiger partial charge in [-0.3, -0.25) is 0 Å². The molecular weight excluding hydrogens is 234 g/mol. The molecular formula is C12H13F4N. The molecule has 2 rings (SSSR count). The van der Waals surface area contributed by atoms with Gasteiger partial charge in [0.1, 0.15) is 0 Å². The Kier molecular flexibility index (Phi) is 3.26. The van der Waals surface area contributed by atoms with Gasteiger partial charge < -0.3 is 5.32 Å². The van der Waals surface area contributed by atoms with Crippen LogP contribution < -0.4 is 5.32 Å². The Morgan fingerprint density at radius 2 is 2.06 bits per heavy atom. The predicted octanol–water partition coefficient (Wildman–Crippen LogP) is 3.81. The van der Waals surface area contributed by atoms with Gasteiger partial charge in [-0.2, -0.15) is 0 Å². The lowest BCUT2D eigenvalue weighted by Gasteiger charge is -2.13. The summed E-state index contributed by atoms with van der Waals surface area (Å²) >= 11 is 0. The van der Waals surface area contributed by atoms with Crippen LogP contribution in [0, 0.1) is 17.6 Å². The van der Waals surface area contributed by atoms with Gasteiger partial charge in [-0.05, 0) is 24.5 Å². The van der Waals surface area contributed by atoms with Crippen LogP contribution in [-0.2, 0) is 0 Å². The third-order valence-electron chi connectivity index (χ3n) is 3.04. The highest BCUT2D eigenvalue weighted by molar-refractivity contribution is 5.44. The molecule has 0 spiro atoms. The van der Waals surface area contributed by atoms with Crippen molar-refractivity contribution in [2.75, 3.05) is 11.9 Å². The molecule has 1 aromatic carbocycles. The monoisotopic (exact) mass is 247 g/mol. The van der Waals surface area contributed by atoms with Crippen molar-refractivity contribution in [3.05, 3.63) is 29.8 Å². The van der Waals surface area contributed by atoms with Crippen molar-refractivity contribution in [2.24, 2.45) is 5.92 Å². The van der Waals surface area contributed by atoms with Crippen molar-refractivity contribution >= 4 is 5.69 Å². The lowest BCUT2D eigenvalue weighted by atomic mass is 10.1. The summed E-state index contributed by atoms with van der Waals surface area (Å²) in [6.07, 6.45) is 0.110. The van der Waals surface area contributed by atoms with Crippen molar-refractivity contribution in [3.8, 4) is 0 Å². The number of halogens is 4. The van der Waals surface area contributed by atoms with Crippen LogP contribution in [0.5, 0.6) is 0 Å². The molecule has 1 N–H and O–H groups in total. The van der Waals surface area contributed by atoms with Crippen LogP contribution >= 0.6 is 0 Å². The van der Waals surface area contributed by atoms with Crippen molar-refractivity contribution in [3.63, 3.8) is 0 Å². The molecule has 0 aliphatic heterocycles. The number of nitrogens with one attached hydrogen (secondary N) is 1. The largest absolute Gasteiger partial charge is 0.382 e. The molecule has 1 aliphatic rings. The molecule has 1 atom stereocenters. The minimum Gasteiger partial charge on any atom is -0.382 e. The third kappa shape index (κ3) is 2.90. The third-order valence-corrected chi connectivity index (χ3v) is 3.04. The molecule has 94 valence electrons. The molecule has 1 saturated carbocycles. The SMILES string of the molecule is Fc1cccc(NCC2CCC(F)(F)C2)c1F. The zero-order valence-corrected chi connectivity index (χ0v) is 9.15. The van der Waals surface area contributed by atoms with Crippen LogP contribution in [0.25, 0.3) is 0 Å². The van der Waals surface area contributed by atoms with Gasteiger partial charge in [0.15, 0.2) is 11.6 Å². The van der Waals surface area contributed by atoms with E-state index in [1.54, 1.807) is 0 Å².